The lowest BCUT2D eigenvalue weighted by Crippen LogP contribution is -2.13. The summed E-state index contributed by atoms with van der Waals surface area (Å²) < 4.78 is 0. The van der Waals surface area contributed by atoms with E-state index in [4.69, 9.17) is 0 Å². The Labute approximate surface area is 154 Å². The molecule has 0 heterocycles. The second kappa shape index (κ2) is 24.5. The predicted molar refractivity (Wildman–Crippen MR) is 110 cm³/mol. The predicted octanol–water partition coefficient (Wildman–Crippen LogP) is 7.67. The minimum absolute atomic E-state index is 0. The van der Waals surface area contributed by atoms with Gasteiger partial charge in [-0.3, -0.25) is 0 Å². The highest BCUT2D eigenvalue weighted by molar-refractivity contribution is 5.85. The first-order chi connectivity index (χ1) is 10.9. The van der Waals surface area contributed by atoms with Gasteiger partial charge >= 0.3 is 0 Å². The maximum Gasteiger partial charge on any atom is -0.00490 e. The van der Waals surface area contributed by atoms with Crippen molar-refractivity contribution >= 4 is 12.4 Å². The lowest BCUT2D eigenvalue weighted by atomic mass is 10.0. The Morgan fingerprint density at radius 3 is 1.04 bits per heavy atom. The summed E-state index contributed by atoms with van der Waals surface area (Å²) in [6, 6.07) is 0. The van der Waals surface area contributed by atoms with Crippen LogP contribution in [0.25, 0.3) is 0 Å². The monoisotopic (exact) mass is 347 g/mol. The molecule has 1 nitrogen and oxygen atoms in total. The Morgan fingerprint density at radius 1 is 0.435 bits per heavy atom. The molecule has 0 aliphatic carbocycles. The molecule has 0 atom stereocenters. The van der Waals surface area contributed by atoms with Crippen molar-refractivity contribution < 1.29 is 0 Å². The smallest absolute Gasteiger partial charge is 0.00490 e. The van der Waals surface area contributed by atoms with E-state index < -0.39 is 0 Å². The molecule has 2 heteroatoms. The van der Waals surface area contributed by atoms with Crippen LogP contribution in [0, 0.1) is 0 Å². The summed E-state index contributed by atoms with van der Waals surface area (Å²) in [5, 5.41) is 3.40. The van der Waals surface area contributed by atoms with Gasteiger partial charge in [0.2, 0.25) is 0 Å². The molecule has 0 fully saturated rings. The van der Waals surface area contributed by atoms with Crippen LogP contribution in [0.15, 0.2) is 0 Å². The van der Waals surface area contributed by atoms with E-state index >= 15 is 0 Å². The van der Waals surface area contributed by atoms with Crippen LogP contribution in [0.4, 0.5) is 0 Å². The van der Waals surface area contributed by atoms with E-state index in [2.05, 4.69) is 19.2 Å². The van der Waals surface area contributed by atoms with Crippen LogP contribution in [0.2, 0.25) is 0 Å². The van der Waals surface area contributed by atoms with Crippen molar-refractivity contribution in [3.63, 3.8) is 0 Å². The third-order valence-corrected chi connectivity index (χ3v) is 4.71. The van der Waals surface area contributed by atoms with E-state index in [1.54, 1.807) is 0 Å². The van der Waals surface area contributed by atoms with Crippen LogP contribution in [-0.2, 0) is 0 Å². The first-order valence-corrected chi connectivity index (χ1v) is 10.6. The van der Waals surface area contributed by atoms with Crippen LogP contribution in [0.3, 0.4) is 0 Å². The summed E-state index contributed by atoms with van der Waals surface area (Å²) in [7, 11) is 0. The molecule has 0 amide bonds. The van der Waals surface area contributed by atoms with Crippen molar-refractivity contribution in [2.24, 2.45) is 0 Å². The highest BCUT2D eigenvalue weighted by Gasteiger charge is 1.94. The summed E-state index contributed by atoms with van der Waals surface area (Å²) in [6.07, 6.45) is 24.8. The maximum absolute atomic E-state index is 3.40. The number of unbranched alkanes of at least 4 members (excludes halogenated alkanes) is 16. The molecule has 0 spiro atoms. The fourth-order valence-electron chi connectivity index (χ4n) is 3.15. The largest absolute Gasteiger partial charge is 0.317 e. The molecule has 0 aliphatic heterocycles. The standard InChI is InChI=1S/C21H45N.ClH/c1-3-5-6-7-8-9-10-11-12-13-14-15-16-17-18-19-20-21-22-4-2;/h22H,3-21H2,1-2H3;1H. The van der Waals surface area contributed by atoms with E-state index in [-0.39, 0.29) is 12.4 Å². The van der Waals surface area contributed by atoms with Gasteiger partial charge in [0.05, 0.1) is 0 Å². The Kier molecular flexibility index (Phi) is 27.2. The molecule has 0 saturated carbocycles. The van der Waals surface area contributed by atoms with Crippen molar-refractivity contribution in [3.8, 4) is 0 Å². The van der Waals surface area contributed by atoms with Gasteiger partial charge in [0, 0.05) is 0 Å². The minimum atomic E-state index is 0. The molecule has 0 radical (unpaired) electrons. The topological polar surface area (TPSA) is 12.0 Å². The highest BCUT2D eigenvalue weighted by Crippen LogP contribution is 2.13. The van der Waals surface area contributed by atoms with E-state index in [0.717, 1.165) is 6.54 Å². The molecule has 0 bridgehead atoms. The van der Waals surface area contributed by atoms with Crippen LogP contribution >= 0.6 is 12.4 Å². The Balaban J connectivity index is 0. The Bertz CT molecular complexity index is 165. The maximum atomic E-state index is 3.40. The molecule has 0 saturated heterocycles. The number of hydrogen-bond acceptors (Lipinski definition) is 1. The fraction of sp³-hybridized carbons (Fsp3) is 1.00. The molecule has 0 aromatic carbocycles. The van der Waals surface area contributed by atoms with Gasteiger partial charge in [-0.25, -0.2) is 0 Å². The minimum Gasteiger partial charge on any atom is -0.317 e. The van der Waals surface area contributed by atoms with Crippen LogP contribution in [0.5, 0.6) is 0 Å². The summed E-state index contributed by atoms with van der Waals surface area (Å²) in [4.78, 5) is 0. The van der Waals surface area contributed by atoms with Gasteiger partial charge < -0.3 is 5.32 Å². The van der Waals surface area contributed by atoms with Crippen molar-refractivity contribution in [2.45, 2.75) is 123 Å². The Morgan fingerprint density at radius 2 is 0.739 bits per heavy atom. The number of hydrogen-bond donors (Lipinski definition) is 1. The number of rotatable bonds is 19. The quantitative estimate of drug-likeness (QED) is 0.236. The second-order valence-electron chi connectivity index (χ2n) is 7.01. The zero-order chi connectivity index (χ0) is 16.1. The summed E-state index contributed by atoms with van der Waals surface area (Å²) in [6.45, 7) is 6.83. The van der Waals surface area contributed by atoms with E-state index in [9.17, 15) is 0 Å². The lowest BCUT2D eigenvalue weighted by molar-refractivity contribution is 0.524. The zero-order valence-electron chi connectivity index (χ0n) is 16.3. The van der Waals surface area contributed by atoms with Crippen molar-refractivity contribution in [3.05, 3.63) is 0 Å². The summed E-state index contributed by atoms with van der Waals surface area (Å²) in [5.74, 6) is 0. The number of nitrogens with one attached hydrogen (secondary N) is 1. The normalized spacial score (nSPS) is 10.7. The van der Waals surface area contributed by atoms with Gasteiger partial charge in [-0.1, -0.05) is 117 Å². The first kappa shape index (κ1) is 25.5. The van der Waals surface area contributed by atoms with Gasteiger partial charge in [0.25, 0.3) is 0 Å². The van der Waals surface area contributed by atoms with E-state index in [1.807, 2.05) is 0 Å². The molecule has 0 aromatic heterocycles. The van der Waals surface area contributed by atoms with Crippen molar-refractivity contribution in [1.29, 1.82) is 0 Å². The third kappa shape index (κ3) is 24.6. The van der Waals surface area contributed by atoms with Crippen LogP contribution in [0.1, 0.15) is 123 Å². The van der Waals surface area contributed by atoms with Gasteiger partial charge in [0.1, 0.15) is 0 Å². The van der Waals surface area contributed by atoms with E-state index in [0.29, 0.717) is 0 Å². The molecule has 23 heavy (non-hydrogen) atoms. The van der Waals surface area contributed by atoms with Gasteiger partial charge in [-0.05, 0) is 19.5 Å². The van der Waals surface area contributed by atoms with Crippen molar-refractivity contribution in [1.82, 2.24) is 5.32 Å². The van der Waals surface area contributed by atoms with Crippen molar-refractivity contribution in [2.75, 3.05) is 13.1 Å². The zero-order valence-corrected chi connectivity index (χ0v) is 17.2. The molecule has 142 valence electrons. The molecule has 0 aromatic rings. The Hall–Kier alpha value is 0.250. The summed E-state index contributed by atoms with van der Waals surface area (Å²) >= 11 is 0. The average molecular weight is 348 g/mol. The average Bonchev–Trinajstić information content (AvgIpc) is 2.54. The molecule has 1 N–H and O–H groups in total. The SMILES string of the molecule is CCCCCCCCCCCCCCCCCCCNCC.Cl. The van der Waals surface area contributed by atoms with E-state index in [1.165, 1.54) is 116 Å². The number of halogens is 1. The third-order valence-electron chi connectivity index (χ3n) is 4.71. The van der Waals surface area contributed by atoms with Gasteiger partial charge in [-0.2, -0.15) is 0 Å². The van der Waals surface area contributed by atoms with Gasteiger partial charge in [-0.15, -0.1) is 12.4 Å². The van der Waals surface area contributed by atoms with Crippen LogP contribution < -0.4 is 5.32 Å². The summed E-state index contributed by atoms with van der Waals surface area (Å²) in [5.41, 5.74) is 0. The molecule has 0 unspecified atom stereocenters. The fourth-order valence-corrected chi connectivity index (χ4v) is 3.15. The molecular formula is C21H46ClN. The molecule has 0 rings (SSSR count). The molecular weight excluding hydrogens is 302 g/mol. The highest BCUT2D eigenvalue weighted by atomic mass is 35.5. The molecule has 0 aliphatic rings. The van der Waals surface area contributed by atoms with Crippen LogP contribution in [-0.4, -0.2) is 13.1 Å². The second-order valence-corrected chi connectivity index (χ2v) is 7.01. The van der Waals surface area contributed by atoms with Gasteiger partial charge in [0.15, 0.2) is 0 Å². The first-order valence-electron chi connectivity index (χ1n) is 10.6. The lowest BCUT2D eigenvalue weighted by Gasteiger charge is -2.04.